The summed E-state index contributed by atoms with van der Waals surface area (Å²) < 4.78 is 0. The van der Waals surface area contributed by atoms with Gasteiger partial charge in [-0.2, -0.15) is 0 Å². The Morgan fingerprint density at radius 3 is 2.55 bits per heavy atom. The van der Waals surface area contributed by atoms with Crippen molar-refractivity contribution in [2.45, 2.75) is 0 Å². The highest BCUT2D eigenvalue weighted by Crippen LogP contribution is 2.21. The normalized spacial score (nSPS) is 10.4. The summed E-state index contributed by atoms with van der Waals surface area (Å²) in [5, 5.41) is 4.42. The maximum Gasteiger partial charge on any atom is 0.255 e. The van der Waals surface area contributed by atoms with Crippen LogP contribution in [0.4, 0.5) is 5.69 Å². The summed E-state index contributed by atoms with van der Waals surface area (Å²) in [4.78, 5) is 16.5. The first-order chi connectivity index (χ1) is 9.74. The number of nitrogens with one attached hydrogen (secondary N) is 1. The fourth-order valence-electron chi connectivity index (χ4n) is 2.00. The van der Waals surface area contributed by atoms with Gasteiger partial charge in [0.05, 0.1) is 11.2 Å². The van der Waals surface area contributed by atoms with Crippen LogP contribution in [0, 0.1) is 0 Å². The molecule has 3 aromatic rings. The van der Waals surface area contributed by atoms with E-state index < -0.39 is 0 Å². The van der Waals surface area contributed by atoms with Crippen molar-refractivity contribution in [2.24, 2.45) is 0 Å². The van der Waals surface area contributed by atoms with Crippen molar-refractivity contribution in [3.8, 4) is 0 Å². The molecule has 0 unspecified atom stereocenters. The number of carbonyl (C=O) groups excluding carboxylic acids is 1. The van der Waals surface area contributed by atoms with Gasteiger partial charge in [-0.3, -0.25) is 9.78 Å². The Bertz CT molecular complexity index is 764. The van der Waals surface area contributed by atoms with Crippen LogP contribution in [-0.4, -0.2) is 10.9 Å². The highest BCUT2D eigenvalue weighted by molar-refractivity contribution is 6.30. The van der Waals surface area contributed by atoms with E-state index in [1.165, 1.54) is 0 Å². The van der Waals surface area contributed by atoms with Crippen molar-refractivity contribution < 1.29 is 4.79 Å². The Labute approximate surface area is 121 Å². The molecular weight excluding hydrogens is 272 g/mol. The molecule has 1 N–H and O–H groups in total. The molecule has 0 spiro atoms. The lowest BCUT2D eigenvalue weighted by Crippen LogP contribution is -2.12. The van der Waals surface area contributed by atoms with Gasteiger partial charge in [0.2, 0.25) is 0 Å². The number of para-hydroxylation sites is 1. The second kappa shape index (κ2) is 5.31. The number of fused-ring (bicyclic) bond motifs is 1. The summed E-state index contributed by atoms with van der Waals surface area (Å²) in [5.74, 6) is -0.169. The topological polar surface area (TPSA) is 42.0 Å². The number of halogens is 1. The van der Waals surface area contributed by atoms with E-state index in [1.54, 1.807) is 36.5 Å². The van der Waals surface area contributed by atoms with Crippen LogP contribution in [-0.2, 0) is 0 Å². The highest BCUT2D eigenvalue weighted by atomic mass is 35.5. The number of anilines is 1. The van der Waals surface area contributed by atoms with Gasteiger partial charge in [0.1, 0.15) is 0 Å². The third-order valence-corrected chi connectivity index (χ3v) is 3.26. The second-order valence-electron chi connectivity index (χ2n) is 4.34. The minimum atomic E-state index is -0.169. The second-order valence-corrected chi connectivity index (χ2v) is 4.77. The average molecular weight is 283 g/mol. The minimum absolute atomic E-state index is 0.169. The molecule has 0 bridgehead atoms. The number of nitrogens with zero attached hydrogens (tertiary/aromatic N) is 1. The van der Waals surface area contributed by atoms with E-state index in [-0.39, 0.29) is 5.91 Å². The Hall–Kier alpha value is -2.39. The molecule has 0 aliphatic carbocycles. The number of amides is 1. The van der Waals surface area contributed by atoms with E-state index in [4.69, 9.17) is 11.6 Å². The number of aromatic nitrogens is 1. The molecule has 0 radical (unpaired) electrons. The van der Waals surface area contributed by atoms with Crippen LogP contribution in [0.3, 0.4) is 0 Å². The number of pyridine rings is 1. The predicted molar refractivity (Wildman–Crippen MR) is 81.1 cm³/mol. The number of hydrogen-bond acceptors (Lipinski definition) is 2. The quantitative estimate of drug-likeness (QED) is 0.767. The lowest BCUT2D eigenvalue weighted by molar-refractivity contribution is 0.102. The van der Waals surface area contributed by atoms with Gasteiger partial charge in [0, 0.05) is 22.2 Å². The van der Waals surface area contributed by atoms with Gasteiger partial charge in [-0.1, -0.05) is 29.8 Å². The van der Waals surface area contributed by atoms with Gasteiger partial charge in [-0.05, 0) is 36.4 Å². The molecule has 98 valence electrons. The summed E-state index contributed by atoms with van der Waals surface area (Å²) >= 11 is 5.81. The molecule has 3 nitrogen and oxygen atoms in total. The summed E-state index contributed by atoms with van der Waals surface area (Å²) in [6.07, 6.45) is 1.68. The molecule has 0 atom stereocenters. The Kier molecular flexibility index (Phi) is 3.35. The molecule has 0 aliphatic rings. The van der Waals surface area contributed by atoms with E-state index in [0.29, 0.717) is 10.6 Å². The van der Waals surface area contributed by atoms with Gasteiger partial charge in [-0.25, -0.2) is 0 Å². The third kappa shape index (κ3) is 2.49. The van der Waals surface area contributed by atoms with E-state index in [2.05, 4.69) is 10.3 Å². The van der Waals surface area contributed by atoms with E-state index in [0.717, 1.165) is 16.6 Å². The fourth-order valence-corrected chi connectivity index (χ4v) is 2.13. The zero-order valence-corrected chi connectivity index (χ0v) is 11.3. The SMILES string of the molecule is O=C(Nc1ccnc2ccccc12)c1ccc(Cl)cc1. The van der Waals surface area contributed by atoms with Gasteiger partial charge < -0.3 is 5.32 Å². The maximum atomic E-state index is 12.2. The molecule has 0 aliphatic heterocycles. The smallest absolute Gasteiger partial charge is 0.255 e. The summed E-state index contributed by atoms with van der Waals surface area (Å²) in [6, 6.07) is 16.2. The van der Waals surface area contributed by atoms with Crippen molar-refractivity contribution >= 4 is 34.1 Å². The van der Waals surface area contributed by atoms with Gasteiger partial charge in [-0.15, -0.1) is 0 Å². The molecule has 0 saturated carbocycles. The number of carbonyl (C=O) groups is 1. The van der Waals surface area contributed by atoms with Crippen LogP contribution in [0.1, 0.15) is 10.4 Å². The van der Waals surface area contributed by atoms with Crippen molar-refractivity contribution in [1.29, 1.82) is 0 Å². The van der Waals surface area contributed by atoms with Crippen molar-refractivity contribution in [2.75, 3.05) is 5.32 Å². The molecule has 3 rings (SSSR count). The fraction of sp³-hybridized carbons (Fsp3) is 0. The van der Waals surface area contributed by atoms with Gasteiger partial charge in [0.15, 0.2) is 0 Å². The van der Waals surface area contributed by atoms with Crippen LogP contribution < -0.4 is 5.32 Å². The van der Waals surface area contributed by atoms with Crippen LogP contribution in [0.2, 0.25) is 5.02 Å². The summed E-state index contributed by atoms with van der Waals surface area (Å²) in [5.41, 5.74) is 2.16. The number of rotatable bonds is 2. The zero-order chi connectivity index (χ0) is 13.9. The first-order valence-electron chi connectivity index (χ1n) is 6.15. The van der Waals surface area contributed by atoms with Gasteiger partial charge >= 0.3 is 0 Å². The molecular formula is C16H11ClN2O. The number of hydrogen-bond donors (Lipinski definition) is 1. The van der Waals surface area contributed by atoms with Crippen molar-refractivity contribution in [1.82, 2.24) is 4.98 Å². The lowest BCUT2D eigenvalue weighted by atomic mass is 10.1. The van der Waals surface area contributed by atoms with Crippen molar-refractivity contribution in [3.05, 3.63) is 71.4 Å². The van der Waals surface area contributed by atoms with Crippen molar-refractivity contribution in [3.63, 3.8) is 0 Å². The monoisotopic (exact) mass is 282 g/mol. The Balaban J connectivity index is 1.93. The summed E-state index contributed by atoms with van der Waals surface area (Å²) in [6.45, 7) is 0. The van der Waals surface area contributed by atoms with Crippen LogP contribution in [0.25, 0.3) is 10.9 Å². The van der Waals surface area contributed by atoms with E-state index >= 15 is 0 Å². The van der Waals surface area contributed by atoms with Gasteiger partial charge in [0.25, 0.3) is 5.91 Å². The van der Waals surface area contributed by atoms with Crippen LogP contribution in [0.5, 0.6) is 0 Å². The zero-order valence-electron chi connectivity index (χ0n) is 10.5. The molecule has 1 aromatic heterocycles. The van der Waals surface area contributed by atoms with E-state index in [1.807, 2.05) is 24.3 Å². The molecule has 1 heterocycles. The molecule has 0 fully saturated rings. The molecule has 2 aromatic carbocycles. The predicted octanol–water partition coefficient (Wildman–Crippen LogP) is 4.14. The molecule has 4 heteroatoms. The minimum Gasteiger partial charge on any atom is -0.321 e. The Morgan fingerprint density at radius 2 is 1.75 bits per heavy atom. The summed E-state index contributed by atoms with van der Waals surface area (Å²) in [7, 11) is 0. The maximum absolute atomic E-state index is 12.2. The first-order valence-corrected chi connectivity index (χ1v) is 6.52. The lowest BCUT2D eigenvalue weighted by Gasteiger charge is -2.08. The average Bonchev–Trinajstić information content (AvgIpc) is 2.48. The third-order valence-electron chi connectivity index (χ3n) is 3.00. The van der Waals surface area contributed by atoms with Crippen LogP contribution in [0.15, 0.2) is 60.8 Å². The largest absolute Gasteiger partial charge is 0.321 e. The first kappa shape index (κ1) is 12.6. The standard InChI is InChI=1S/C16H11ClN2O/c17-12-7-5-11(6-8-12)16(20)19-15-9-10-18-14-4-2-1-3-13(14)15/h1-10H,(H,18,19,20). The van der Waals surface area contributed by atoms with Crippen LogP contribution >= 0.6 is 11.6 Å². The number of benzene rings is 2. The molecule has 0 saturated heterocycles. The molecule has 20 heavy (non-hydrogen) atoms. The molecule has 1 amide bonds. The highest BCUT2D eigenvalue weighted by Gasteiger charge is 2.08. The van der Waals surface area contributed by atoms with E-state index in [9.17, 15) is 4.79 Å². The Morgan fingerprint density at radius 1 is 1.00 bits per heavy atom.